The van der Waals surface area contributed by atoms with Crippen molar-refractivity contribution in [3.05, 3.63) is 26.7 Å². The molecule has 0 spiro atoms. The minimum absolute atomic E-state index is 0.314. The lowest BCUT2D eigenvalue weighted by Gasteiger charge is -2.41. The van der Waals surface area contributed by atoms with Crippen LogP contribution < -0.4 is 10.5 Å². The number of benzene rings is 1. The van der Waals surface area contributed by atoms with Crippen LogP contribution in [0.3, 0.4) is 0 Å². The molecule has 104 valence electrons. The molecular weight excluding hydrogens is 310 g/mol. The molecule has 1 aromatic rings. The Kier molecular flexibility index (Phi) is 3.62. The first-order chi connectivity index (χ1) is 8.86. The molecule has 2 N–H and O–H groups in total. The predicted molar refractivity (Wildman–Crippen MR) is 76.6 cm³/mol. The number of ether oxygens (including phenoxy) is 2. The second-order valence-electron chi connectivity index (χ2n) is 5.04. The van der Waals surface area contributed by atoms with Gasteiger partial charge in [0.1, 0.15) is 11.2 Å². The van der Waals surface area contributed by atoms with Crippen LogP contribution in [0.4, 0.5) is 0 Å². The minimum Gasteiger partial charge on any atom is -0.496 e. The highest BCUT2D eigenvalue weighted by molar-refractivity contribution is 9.10. The SMILES string of the molecule is COc1c(C)c(C)c(Br)c(C)c1C1(C(N)=O)COC1. The number of carbonyl (C=O) groups excluding carboxylic acids is 1. The van der Waals surface area contributed by atoms with Crippen molar-refractivity contribution in [3.8, 4) is 5.75 Å². The zero-order valence-electron chi connectivity index (χ0n) is 11.6. The molecule has 1 fully saturated rings. The van der Waals surface area contributed by atoms with Crippen molar-refractivity contribution in [2.75, 3.05) is 20.3 Å². The highest BCUT2D eigenvalue weighted by atomic mass is 79.9. The van der Waals surface area contributed by atoms with E-state index in [2.05, 4.69) is 15.9 Å². The Hall–Kier alpha value is -1.07. The molecule has 1 amide bonds. The first-order valence-electron chi connectivity index (χ1n) is 6.08. The fraction of sp³-hybridized carbons (Fsp3) is 0.500. The molecule has 0 aliphatic carbocycles. The van der Waals surface area contributed by atoms with E-state index in [1.807, 2.05) is 20.8 Å². The molecule has 0 radical (unpaired) electrons. The van der Waals surface area contributed by atoms with Crippen LogP contribution in [0.15, 0.2) is 4.47 Å². The van der Waals surface area contributed by atoms with Gasteiger partial charge in [0.25, 0.3) is 0 Å². The molecule has 1 aliphatic heterocycles. The molecule has 1 heterocycles. The Labute approximate surface area is 121 Å². The molecule has 19 heavy (non-hydrogen) atoms. The highest BCUT2D eigenvalue weighted by Crippen LogP contribution is 2.45. The highest BCUT2D eigenvalue weighted by Gasteiger charge is 2.49. The van der Waals surface area contributed by atoms with Crippen LogP contribution in [0.25, 0.3) is 0 Å². The smallest absolute Gasteiger partial charge is 0.232 e. The summed E-state index contributed by atoms with van der Waals surface area (Å²) in [6, 6.07) is 0. The van der Waals surface area contributed by atoms with E-state index < -0.39 is 5.41 Å². The van der Waals surface area contributed by atoms with E-state index in [9.17, 15) is 4.79 Å². The average Bonchev–Trinajstić information content (AvgIpc) is 2.31. The third-order valence-corrected chi connectivity index (χ3v) is 5.20. The summed E-state index contributed by atoms with van der Waals surface area (Å²) in [5.41, 5.74) is 8.80. The maximum atomic E-state index is 11.9. The number of hydrogen-bond acceptors (Lipinski definition) is 3. The van der Waals surface area contributed by atoms with Crippen molar-refractivity contribution in [1.29, 1.82) is 0 Å². The van der Waals surface area contributed by atoms with Crippen LogP contribution in [0, 0.1) is 20.8 Å². The van der Waals surface area contributed by atoms with Gasteiger partial charge in [0, 0.05) is 10.0 Å². The van der Waals surface area contributed by atoms with Gasteiger partial charge in [-0.05, 0) is 37.5 Å². The van der Waals surface area contributed by atoms with Crippen molar-refractivity contribution < 1.29 is 14.3 Å². The molecule has 0 saturated carbocycles. The molecular formula is C14H18BrNO3. The van der Waals surface area contributed by atoms with E-state index in [4.69, 9.17) is 15.2 Å². The Bertz CT molecular complexity index is 550. The summed E-state index contributed by atoms with van der Waals surface area (Å²) in [7, 11) is 1.62. The molecule has 0 atom stereocenters. The summed E-state index contributed by atoms with van der Waals surface area (Å²) in [5, 5.41) is 0. The minimum atomic E-state index is -0.767. The standard InChI is InChI=1S/C14H18BrNO3/c1-7-8(2)12(18-4)10(9(3)11(7)15)14(13(16)17)5-19-6-14/h5-6H2,1-4H3,(H2,16,17). The van der Waals surface area contributed by atoms with Crippen LogP contribution in [0.2, 0.25) is 0 Å². The second kappa shape index (κ2) is 4.80. The summed E-state index contributed by atoms with van der Waals surface area (Å²) in [4.78, 5) is 11.9. The summed E-state index contributed by atoms with van der Waals surface area (Å²) >= 11 is 3.59. The summed E-state index contributed by atoms with van der Waals surface area (Å²) in [6.07, 6.45) is 0. The lowest BCUT2D eigenvalue weighted by atomic mass is 9.74. The van der Waals surface area contributed by atoms with Gasteiger partial charge >= 0.3 is 0 Å². The van der Waals surface area contributed by atoms with E-state index >= 15 is 0 Å². The van der Waals surface area contributed by atoms with E-state index in [0.717, 1.165) is 32.5 Å². The third-order valence-electron chi connectivity index (χ3n) is 4.01. The average molecular weight is 328 g/mol. The van der Waals surface area contributed by atoms with Gasteiger partial charge in [-0.25, -0.2) is 0 Å². The van der Waals surface area contributed by atoms with Crippen molar-refractivity contribution in [1.82, 2.24) is 0 Å². The van der Waals surface area contributed by atoms with Crippen molar-refractivity contribution in [2.45, 2.75) is 26.2 Å². The van der Waals surface area contributed by atoms with E-state index in [-0.39, 0.29) is 5.91 Å². The quantitative estimate of drug-likeness (QED) is 0.925. The van der Waals surface area contributed by atoms with Crippen LogP contribution in [0.1, 0.15) is 22.3 Å². The Balaban J connectivity index is 2.79. The van der Waals surface area contributed by atoms with E-state index in [0.29, 0.717) is 13.2 Å². The lowest BCUT2D eigenvalue weighted by molar-refractivity contribution is -0.142. The van der Waals surface area contributed by atoms with Gasteiger partial charge in [-0.1, -0.05) is 15.9 Å². The first-order valence-corrected chi connectivity index (χ1v) is 6.87. The summed E-state index contributed by atoms with van der Waals surface area (Å²) < 4.78 is 11.8. The summed E-state index contributed by atoms with van der Waals surface area (Å²) in [5.74, 6) is 0.371. The molecule has 2 rings (SSSR count). The Morgan fingerprint density at radius 2 is 1.84 bits per heavy atom. The maximum absolute atomic E-state index is 11.9. The number of rotatable bonds is 3. The van der Waals surface area contributed by atoms with Gasteiger partial charge in [-0.3, -0.25) is 4.79 Å². The fourth-order valence-electron chi connectivity index (χ4n) is 2.63. The van der Waals surface area contributed by atoms with Gasteiger partial charge < -0.3 is 15.2 Å². The second-order valence-corrected chi connectivity index (χ2v) is 5.83. The molecule has 4 nitrogen and oxygen atoms in total. The Morgan fingerprint density at radius 1 is 1.26 bits per heavy atom. The van der Waals surface area contributed by atoms with E-state index in [1.54, 1.807) is 7.11 Å². The predicted octanol–water partition coefficient (Wildman–Crippen LogP) is 2.14. The van der Waals surface area contributed by atoms with E-state index in [1.165, 1.54) is 0 Å². The monoisotopic (exact) mass is 327 g/mol. The molecule has 1 aliphatic rings. The van der Waals surface area contributed by atoms with Gasteiger partial charge in [0.15, 0.2) is 0 Å². The number of amides is 1. The van der Waals surface area contributed by atoms with Gasteiger partial charge in [-0.15, -0.1) is 0 Å². The molecule has 0 bridgehead atoms. The first kappa shape index (κ1) is 14.3. The van der Waals surface area contributed by atoms with Gasteiger partial charge in [0.2, 0.25) is 5.91 Å². The topological polar surface area (TPSA) is 61.5 Å². The molecule has 5 heteroatoms. The summed E-state index contributed by atoms with van der Waals surface area (Å²) in [6.45, 7) is 6.60. The third kappa shape index (κ3) is 1.87. The molecule has 0 unspecified atom stereocenters. The van der Waals surface area contributed by atoms with Crippen molar-refractivity contribution >= 4 is 21.8 Å². The number of hydrogen-bond donors (Lipinski definition) is 1. The van der Waals surface area contributed by atoms with Gasteiger partial charge in [0.05, 0.1) is 20.3 Å². The number of nitrogens with two attached hydrogens (primary N) is 1. The lowest BCUT2D eigenvalue weighted by Crippen LogP contribution is -2.56. The normalized spacial score (nSPS) is 16.9. The number of methoxy groups -OCH3 is 1. The number of carbonyl (C=O) groups is 1. The molecule has 1 saturated heterocycles. The maximum Gasteiger partial charge on any atom is 0.232 e. The fourth-order valence-corrected chi connectivity index (χ4v) is 3.13. The van der Waals surface area contributed by atoms with Crippen LogP contribution in [-0.4, -0.2) is 26.2 Å². The van der Waals surface area contributed by atoms with Crippen LogP contribution in [-0.2, 0) is 14.9 Å². The zero-order valence-corrected chi connectivity index (χ0v) is 13.2. The van der Waals surface area contributed by atoms with Crippen molar-refractivity contribution in [3.63, 3.8) is 0 Å². The molecule has 1 aromatic carbocycles. The van der Waals surface area contributed by atoms with Crippen LogP contribution in [0.5, 0.6) is 5.75 Å². The van der Waals surface area contributed by atoms with Gasteiger partial charge in [-0.2, -0.15) is 0 Å². The van der Waals surface area contributed by atoms with Crippen LogP contribution >= 0.6 is 15.9 Å². The number of primary amides is 1. The zero-order chi connectivity index (χ0) is 14.4. The largest absolute Gasteiger partial charge is 0.496 e. The Morgan fingerprint density at radius 3 is 2.21 bits per heavy atom. The molecule has 0 aromatic heterocycles. The van der Waals surface area contributed by atoms with Crippen molar-refractivity contribution in [2.24, 2.45) is 5.73 Å². The number of halogens is 1.